The van der Waals surface area contributed by atoms with Crippen molar-refractivity contribution in [3.63, 3.8) is 0 Å². The van der Waals surface area contributed by atoms with Crippen molar-refractivity contribution in [1.29, 1.82) is 0 Å². The van der Waals surface area contributed by atoms with Crippen LogP contribution >= 0.6 is 0 Å². The first kappa shape index (κ1) is 19.8. The molecule has 1 atom stereocenters. The number of carbonyl (C=O) groups excluding carboxylic acids is 1. The molecule has 0 bridgehead atoms. The highest BCUT2D eigenvalue weighted by Crippen LogP contribution is 2.18. The van der Waals surface area contributed by atoms with Gasteiger partial charge in [-0.25, -0.2) is 17.2 Å². The third kappa shape index (κ3) is 5.26. The predicted molar refractivity (Wildman–Crippen MR) is 96.4 cm³/mol. The summed E-state index contributed by atoms with van der Waals surface area (Å²) in [5.74, 6) is -2.43. The van der Waals surface area contributed by atoms with Crippen LogP contribution in [0.5, 0.6) is 0 Å². The van der Waals surface area contributed by atoms with Crippen molar-refractivity contribution in [1.82, 2.24) is 5.32 Å². The SMILES string of the molecule is CCCS(=O)(=O)Nc1cccc(C(=O)NC(C)c2ccc(F)c(F)c2)c1. The molecule has 0 fully saturated rings. The standard InChI is InChI=1S/C18H20F2N2O3S/c1-3-9-26(24,25)22-15-6-4-5-14(10-15)18(23)21-12(2)13-7-8-16(19)17(20)11-13/h4-8,10-12,22H,3,9H2,1-2H3,(H,21,23). The second-order valence-electron chi connectivity index (χ2n) is 5.87. The maximum Gasteiger partial charge on any atom is 0.251 e. The van der Waals surface area contributed by atoms with Crippen molar-refractivity contribution < 1.29 is 22.0 Å². The van der Waals surface area contributed by atoms with Crippen LogP contribution < -0.4 is 10.0 Å². The molecule has 0 aromatic heterocycles. The molecular weight excluding hydrogens is 362 g/mol. The maximum absolute atomic E-state index is 13.3. The summed E-state index contributed by atoms with van der Waals surface area (Å²) in [5.41, 5.74) is 0.944. The summed E-state index contributed by atoms with van der Waals surface area (Å²) in [4.78, 5) is 12.4. The number of carbonyl (C=O) groups is 1. The van der Waals surface area contributed by atoms with E-state index in [1.54, 1.807) is 26.0 Å². The lowest BCUT2D eigenvalue weighted by Crippen LogP contribution is -2.27. The van der Waals surface area contributed by atoms with E-state index in [0.29, 0.717) is 12.0 Å². The largest absolute Gasteiger partial charge is 0.346 e. The molecule has 0 heterocycles. The van der Waals surface area contributed by atoms with E-state index < -0.39 is 33.6 Å². The number of sulfonamides is 1. The fourth-order valence-corrected chi connectivity index (χ4v) is 3.49. The molecule has 0 spiro atoms. The summed E-state index contributed by atoms with van der Waals surface area (Å²) in [5, 5.41) is 2.67. The van der Waals surface area contributed by atoms with Crippen LogP contribution in [-0.2, 0) is 10.0 Å². The first-order valence-electron chi connectivity index (χ1n) is 8.08. The first-order valence-corrected chi connectivity index (χ1v) is 9.73. The quantitative estimate of drug-likeness (QED) is 0.768. The molecule has 0 aliphatic heterocycles. The molecule has 0 aliphatic carbocycles. The van der Waals surface area contributed by atoms with Gasteiger partial charge in [-0.05, 0) is 49.2 Å². The van der Waals surface area contributed by atoms with Gasteiger partial charge in [0.15, 0.2) is 11.6 Å². The highest BCUT2D eigenvalue weighted by Gasteiger charge is 2.15. The summed E-state index contributed by atoms with van der Waals surface area (Å²) >= 11 is 0. The molecule has 2 aromatic carbocycles. The lowest BCUT2D eigenvalue weighted by molar-refractivity contribution is 0.0940. The first-order chi connectivity index (χ1) is 12.2. The molecule has 1 unspecified atom stereocenters. The van der Waals surface area contributed by atoms with Gasteiger partial charge < -0.3 is 5.32 Å². The van der Waals surface area contributed by atoms with E-state index in [4.69, 9.17) is 0 Å². The number of benzene rings is 2. The van der Waals surface area contributed by atoms with Gasteiger partial charge in [0.1, 0.15) is 0 Å². The minimum atomic E-state index is -3.46. The van der Waals surface area contributed by atoms with Crippen LogP contribution in [0.2, 0.25) is 0 Å². The van der Waals surface area contributed by atoms with E-state index >= 15 is 0 Å². The number of hydrogen-bond acceptors (Lipinski definition) is 3. The summed E-state index contributed by atoms with van der Waals surface area (Å²) in [6, 6.07) is 8.90. The molecule has 140 valence electrons. The predicted octanol–water partition coefficient (Wildman–Crippen LogP) is 3.61. The van der Waals surface area contributed by atoms with Gasteiger partial charge in [0.05, 0.1) is 11.8 Å². The zero-order chi connectivity index (χ0) is 19.3. The number of amides is 1. The van der Waals surface area contributed by atoms with E-state index in [-0.39, 0.29) is 17.0 Å². The zero-order valence-electron chi connectivity index (χ0n) is 14.4. The summed E-state index contributed by atoms with van der Waals surface area (Å²) in [7, 11) is -3.46. The van der Waals surface area contributed by atoms with Crippen molar-refractivity contribution >= 4 is 21.6 Å². The van der Waals surface area contributed by atoms with Crippen molar-refractivity contribution in [2.45, 2.75) is 26.3 Å². The van der Waals surface area contributed by atoms with E-state index in [1.807, 2.05) is 0 Å². The Morgan fingerprint density at radius 2 is 1.85 bits per heavy atom. The van der Waals surface area contributed by atoms with Crippen LogP contribution in [-0.4, -0.2) is 20.1 Å². The molecule has 0 saturated carbocycles. The number of rotatable bonds is 7. The second kappa shape index (κ2) is 8.27. The fourth-order valence-electron chi connectivity index (χ4n) is 2.37. The lowest BCUT2D eigenvalue weighted by Gasteiger charge is -2.15. The molecule has 2 aromatic rings. The van der Waals surface area contributed by atoms with E-state index in [0.717, 1.165) is 12.1 Å². The lowest BCUT2D eigenvalue weighted by atomic mass is 10.1. The smallest absolute Gasteiger partial charge is 0.251 e. The van der Waals surface area contributed by atoms with Crippen LogP contribution in [0.1, 0.15) is 42.2 Å². The Kier molecular flexibility index (Phi) is 6.31. The van der Waals surface area contributed by atoms with Gasteiger partial charge in [-0.2, -0.15) is 0 Å². The van der Waals surface area contributed by atoms with Crippen molar-refractivity contribution in [3.8, 4) is 0 Å². The molecule has 8 heteroatoms. The average Bonchev–Trinajstić information content (AvgIpc) is 2.56. The fraction of sp³-hybridized carbons (Fsp3) is 0.278. The van der Waals surface area contributed by atoms with Crippen LogP contribution in [0.15, 0.2) is 42.5 Å². The second-order valence-corrected chi connectivity index (χ2v) is 7.71. The van der Waals surface area contributed by atoms with Crippen molar-refractivity contribution in [2.24, 2.45) is 0 Å². The summed E-state index contributed by atoms with van der Waals surface area (Å²) < 4.78 is 52.4. The third-order valence-electron chi connectivity index (χ3n) is 3.66. The molecule has 0 radical (unpaired) electrons. The van der Waals surface area contributed by atoms with Gasteiger partial charge in [-0.15, -0.1) is 0 Å². The van der Waals surface area contributed by atoms with Crippen LogP contribution in [0, 0.1) is 11.6 Å². The van der Waals surface area contributed by atoms with Gasteiger partial charge in [0, 0.05) is 11.3 Å². The highest BCUT2D eigenvalue weighted by molar-refractivity contribution is 7.92. The third-order valence-corrected chi connectivity index (χ3v) is 5.15. The molecule has 0 aliphatic rings. The maximum atomic E-state index is 13.3. The van der Waals surface area contributed by atoms with Crippen molar-refractivity contribution in [3.05, 3.63) is 65.2 Å². The monoisotopic (exact) mass is 382 g/mol. The molecule has 1 amide bonds. The van der Waals surface area contributed by atoms with E-state index in [1.165, 1.54) is 18.2 Å². The highest BCUT2D eigenvalue weighted by atomic mass is 32.2. The Balaban J connectivity index is 2.12. The van der Waals surface area contributed by atoms with Gasteiger partial charge in [-0.1, -0.05) is 19.1 Å². The normalized spacial score (nSPS) is 12.5. The molecular formula is C18H20F2N2O3S. The Bertz CT molecular complexity index is 901. The minimum absolute atomic E-state index is 0.0173. The van der Waals surface area contributed by atoms with E-state index in [2.05, 4.69) is 10.0 Å². The number of hydrogen-bond donors (Lipinski definition) is 2. The Hall–Kier alpha value is -2.48. The number of nitrogens with one attached hydrogen (secondary N) is 2. The summed E-state index contributed by atoms with van der Waals surface area (Å²) in [6.45, 7) is 3.39. The van der Waals surface area contributed by atoms with Crippen LogP contribution in [0.4, 0.5) is 14.5 Å². The average molecular weight is 382 g/mol. The molecule has 0 saturated heterocycles. The van der Waals surface area contributed by atoms with Gasteiger partial charge in [-0.3, -0.25) is 9.52 Å². The number of anilines is 1. The van der Waals surface area contributed by atoms with Gasteiger partial charge in [0.25, 0.3) is 5.91 Å². The van der Waals surface area contributed by atoms with Crippen LogP contribution in [0.25, 0.3) is 0 Å². The molecule has 2 rings (SSSR count). The zero-order valence-corrected chi connectivity index (χ0v) is 15.2. The van der Waals surface area contributed by atoms with Gasteiger partial charge in [0.2, 0.25) is 10.0 Å². The molecule has 5 nitrogen and oxygen atoms in total. The molecule has 2 N–H and O–H groups in total. The van der Waals surface area contributed by atoms with Crippen LogP contribution in [0.3, 0.4) is 0 Å². The Morgan fingerprint density at radius 3 is 2.50 bits per heavy atom. The van der Waals surface area contributed by atoms with Crippen molar-refractivity contribution in [2.75, 3.05) is 10.5 Å². The molecule has 26 heavy (non-hydrogen) atoms. The topological polar surface area (TPSA) is 75.3 Å². The summed E-state index contributed by atoms with van der Waals surface area (Å²) in [6.07, 6.45) is 0.473. The minimum Gasteiger partial charge on any atom is -0.346 e. The Labute approximate surface area is 151 Å². The van der Waals surface area contributed by atoms with E-state index in [9.17, 15) is 22.0 Å². The van der Waals surface area contributed by atoms with Gasteiger partial charge >= 0.3 is 0 Å². The number of halogens is 2. The Morgan fingerprint density at radius 1 is 1.12 bits per heavy atom.